The van der Waals surface area contributed by atoms with E-state index in [2.05, 4.69) is 51.2 Å². The van der Waals surface area contributed by atoms with Crippen LogP contribution in [0.3, 0.4) is 0 Å². The van der Waals surface area contributed by atoms with E-state index in [1.54, 1.807) is 5.56 Å². The summed E-state index contributed by atoms with van der Waals surface area (Å²) < 4.78 is 0. The molecule has 21 heavy (non-hydrogen) atoms. The summed E-state index contributed by atoms with van der Waals surface area (Å²) in [4.78, 5) is 0. The molecule has 0 aromatic heterocycles. The lowest BCUT2D eigenvalue weighted by Gasteiger charge is -2.38. The zero-order valence-corrected chi connectivity index (χ0v) is 14.4. The molecule has 1 aliphatic carbocycles. The van der Waals surface area contributed by atoms with Crippen molar-refractivity contribution in [2.45, 2.75) is 72.3 Å². The van der Waals surface area contributed by atoms with Crippen LogP contribution in [0, 0.1) is 25.7 Å². The minimum Gasteiger partial charge on any atom is -0.310 e. The van der Waals surface area contributed by atoms with E-state index in [0.717, 1.165) is 18.4 Å². The van der Waals surface area contributed by atoms with Crippen LogP contribution < -0.4 is 5.32 Å². The third-order valence-corrected chi connectivity index (χ3v) is 5.30. The molecule has 1 aromatic rings. The molecule has 1 N–H and O–H groups in total. The smallest absolute Gasteiger partial charge is 0.0354 e. The van der Waals surface area contributed by atoms with E-state index in [9.17, 15) is 0 Å². The molecular weight excluding hydrogens is 254 g/mol. The number of hydrogen-bond acceptors (Lipinski definition) is 1. The third kappa shape index (κ3) is 4.10. The maximum Gasteiger partial charge on any atom is 0.0354 e. The summed E-state index contributed by atoms with van der Waals surface area (Å²) in [5.41, 5.74) is 4.39. The van der Waals surface area contributed by atoms with Gasteiger partial charge < -0.3 is 5.32 Å². The molecule has 0 saturated heterocycles. The molecule has 1 nitrogen and oxygen atoms in total. The van der Waals surface area contributed by atoms with Crippen LogP contribution in [-0.2, 0) is 0 Å². The van der Waals surface area contributed by atoms with Crippen LogP contribution in [0.25, 0.3) is 0 Å². The molecule has 1 aromatic carbocycles. The van der Waals surface area contributed by atoms with E-state index < -0.39 is 0 Å². The summed E-state index contributed by atoms with van der Waals surface area (Å²) >= 11 is 0. The van der Waals surface area contributed by atoms with Crippen molar-refractivity contribution in [2.24, 2.45) is 11.8 Å². The number of nitrogens with one attached hydrogen (secondary N) is 1. The van der Waals surface area contributed by atoms with Crippen LogP contribution in [0.15, 0.2) is 18.2 Å². The second-order valence-corrected chi connectivity index (χ2v) is 6.91. The normalized spacial score (nSPS) is 24.0. The van der Waals surface area contributed by atoms with Gasteiger partial charge in [-0.1, -0.05) is 63.3 Å². The Morgan fingerprint density at radius 3 is 2.62 bits per heavy atom. The van der Waals surface area contributed by atoms with Gasteiger partial charge in [0.25, 0.3) is 0 Å². The standard InChI is InChI=1S/C20H33N/c1-5-13-21-20(18-10-8-7-9-17(18)6-2)19-14-15(3)11-12-16(19)4/h11-12,14,17-18,20-21H,5-10,13H2,1-4H3. The van der Waals surface area contributed by atoms with Crippen LogP contribution in [0.4, 0.5) is 0 Å². The van der Waals surface area contributed by atoms with Crippen molar-refractivity contribution in [2.75, 3.05) is 6.54 Å². The number of rotatable bonds is 6. The molecular formula is C20H33N. The van der Waals surface area contributed by atoms with E-state index in [-0.39, 0.29) is 0 Å². The Bertz CT molecular complexity index is 437. The topological polar surface area (TPSA) is 12.0 Å². The first-order valence-corrected chi connectivity index (χ1v) is 8.97. The molecule has 0 heterocycles. The van der Waals surface area contributed by atoms with Gasteiger partial charge in [0.1, 0.15) is 0 Å². The van der Waals surface area contributed by atoms with Gasteiger partial charge in [-0.05, 0) is 56.2 Å². The summed E-state index contributed by atoms with van der Waals surface area (Å²) in [5, 5.41) is 3.89. The lowest BCUT2D eigenvalue weighted by atomic mass is 9.71. The van der Waals surface area contributed by atoms with E-state index in [1.807, 2.05) is 0 Å². The summed E-state index contributed by atoms with van der Waals surface area (Å²) in [7, 11) is 0. The number of benzene rings is 1. The molecule has 2 rings (SSSR count). The molecule has 118 valence electrons. The highest BCUT2D eigenvalue weighted by atomic mass is 14.9. The Labute approximate surface area is 131 Å². The molecule has 0 aliphatic heterocycles. The predicted octanol–water partition coefficient (Wildman–Crippen LogP) is 5.56. The molecule has 0 bridgehead atoms. The van der Waals surface area contributed by atoms with Crippen molar-refractivity contribution in [1.82, 2.24) is 5.32 Å². The fourth-order valence-electron chi connectivity index (χ4n) is 4.07. The molecule has 3 unspecified atom stereocenters. The van der Waals surface area contributed by atoms with Crippen molar-refractivity contribution >= 4 is 0 Å². The fourth-order valence-corrected chi connectivity index (χ4v) is 4.07. The lowest BCUT2D eigenvalue weighted by Crippen LogP contribution is -2.35. The quantitative estimate of drug-likeness (QED) is 0.722. The van der Waals surface area contributed by atoms with Crippen molar-refractivity contribution in [3.05, 3.63) is 34.9 Å². The SMILES string of the molecule is CCCNC(c1cc(C)ccc1C)C1CCCCC1CC. The highest BCUT2D eigenvalue weighted by molar-refractivity contribution is 5.33. The Morgan fingerprint density at radius 1 is 1.14 bits per heavy atom. The first kappa shape index (κ1) is 16.5. The van der Waals surface area contributed by atoms with E-state index in [0.29, 0.717) is 6.04 Å². The highest BCUT2D eigenvalue weighted by Crippen LogP contribution is 2.41. The lowest BCUT2D eigenvalue weighted by molar-refractivity contribution is 0.175. The van der Waals surface area contributed by atoms with Crippen LogP contribution in [-0.4, -0.2) is 6.54 Å². The summed E-state index contributed by atoms with van der Waals surface area (Å²) in [5.74, 6) is 1.71. The molecule has 3 atom stereocenters. The minimum atomic E-state index is 0.551. The number of aryl methyl sites for hydroxylation is 2. The molecule has 1 heteroatoms. The Kier molecular flexibility index (Phi) is 6.29. The molecule has 1 fully saturated rings. The van der Waals surface area contributed by atoms with Crippen LogP contribution in [0.5, 0.6) is 0 Å². The Hall–Kier alpha value is -0.820. The van der Waals surface area contributed by atoms with Gasteiger partial charge in [-0.25, -0.2) is 0 Å². The van der Waals surface area contributed by atoms with Gasteiger partial charge in [0, 0.05) is 6.04 Å². The second-order valence-electron chi connectivity index (χ2n) is 6.91. The highest BCUT2D eigenvalue weighted by Gasteiger charge is 2.32. The Balaban J connectivity index is 2.30. The van der Waals surface area contributed by atoms with Gasteiger partial charge >= 0.3 is 0 Å². The second kappa shape index (κ2) is 7.98. The minimum absolute atomic E-state index is 0.551. The van der Waals surface area contributed by atoms with Crippen molar-refractivity contribution < 1.29 is 0 Å². The van der Waals surface area contributed by atoms with Crippen LogP contribution in [0.1, 0.15) is 75.1 Å². The van der Waals surface area contributed by atoms with Crippen LogP contribution in [0.2, 0.25) is 0 Å². The molecule has 1 aliphatic rings. The van der Waals surface area contributed by atoms with Gasteiger partial charge in [-0.3, -0.25) is 0 Å². The van der Waals surface area contributed by atoms with E-state index in [1.165, 1.54) is 49.7 Å². The third-order valence-electron chi connectivity index (χ3n) is 5.30. The van der Waals surface area contributed by atoms with Crippen LogP contribution >= 0.6 is 0 Å². The summed E-state index contributed by atoms with van der Waals surface area (Å²) in [6, 6.07) is 7.52. The average Bonchev–Trinajstić information content (AvgIpc) is 2.51. The van der Waals surface area contributed by atoms with E-state index >= 15 is 0 Å². The first-order valence-electron chi connectivity index (χ1n) is 8.97. The fraction of sp³-hybridized carbons (Fsp3) is 0.700. The molecule has 0 spiro atoms. The zero-order valence-electron chi connectivity index (χ0n) is 14.4. The zero-order chi connectivity index (χ0) is 15.2. The first-order chi connectivity index (χ1) is 10.2. The van der Waals surface area contributed by atoms with Gasteiger partial charge in [0.15, 0.2) is 0 Å². The predicted molar refractivity (Wildman–Crippen MR) is 92.7 cm³/mol. The molecule has 0 radical (unpaired) electrons. The number of hydrogen-bond donors (Lipinski definition) is 1. The largest absolute Gasteiger partial charge is 0.310 e. The van der Waals surface area contributed by atoms with Gasteiger partial charge in [0.05, 0.1) is 0 Å². The van der Waals surface area contributed by atoms with Gasteiger partial charge in [-0.2, -0.15) is 0 Å². The Morgan fingerprint density at radius 2 is 1.90 bits per heavy atom. The monoisotopic (exact) mass is 287 g/mol. The average molecular weight is 287 g/mol. The molecule has 1 saturated carbocycles. The maximum atomic E-state index is 3.89. The summed E-state index contributed by atoms with van der Waals surface area (Å²) in [6.07, 6.45) is 8.22. The maximum absolute atomic E-state index is 3.89. The van der Waals surface area contributed by atoms with Crippen molar-refractivity contribution in [3.63, 3.8) is 0 Å². The van der Waals surface area contributed by atoms with Gasteiger partial charge in [-0.15, -0.1) is 0 Å². The van der Waals surface area contributed by atoms with Crippen molar-refractivity contribution in [3.8, 4) is 0 Å². The summed E-state index contributed by atoms with van der Waals surface area (Å²) in [6.45, 7) is 10.3. The molecule has 0 amide bonds. The van der Waals surface area contributed by atoms with E-state index in [4.69, 9.17) is 0 Å². The van der Waals surface area contributed by atoms with Gasteiger partial charge in [0.2, 0.25) is 0 Å². The van der Waals surface area contributed by atoms with Crippen molar-refractivity contribution in [1.29, 1.82) is 0 Å².